The number of hydrogen-bond acceptors (Lipinski definition) is 4. The lowest BCUT2D eigenvalue weighted by atomic mass is 10.3. The number of pyridine rings is 1. The number of nitrogens with one attached hydrogen (secondary N) is 3. The number of rotatable bonds is 2. The first-order valence-electron chi connectivity index (χ1n) is 5.23. The van der Waals surface area contributed by atoms with Crippen LogP contribution in [0.3, 0.4) is 0 Å². The number of nitrogens with zero attached hydrogens (tertiary/aromatic N) is 1. The van der Waals surface area contributed by atoms with Gasteiger partial charge in [0.05, 0.1) is 11.9 Å². The lowest BCUT2D eigenvalue weighted by Crippen LogP contribution is -2.27. The van der Waals surface area contributed by atoms with Crippen molar-refractivity contribution < 1.29 is 4.79 Å². The van der Waals surface area contributed by atoms with Crippen molar-refractivity contribution in [3.63, 3.8) is 0 Å². The van der Waals surface area contributed by atoms with E-state index in [9.17, 15) is 14.4 Å². The van der Waals surface area contributed by atoms with Crippen LogP contribution in [-0.2, 0) is 0 Å². The Bertz CT molecular complexity index is 722. The first kappa shape index (κ1) is 13.0. The van der Waals surface area contributed by atoms with Crippen LogP contribution in [0.1, 0.15) is 16.1 Å². The second kappa shape index (κ2) is 5.07. The molecule has 0 saturated carbocycles. The molecule has 7 nitrogen and oxygen atoms in total. The van der Waals surface area contributed by atoms with Crippen LogP contribution in [0.5, 0.6) is 0 Å². The van der Waals surface area contributed by atoms with Crippen molar-refractivity contribution in [2.24, 2.45) is 0 Å². The molecule has 98 valence electrons. The van der Waals surface area contributed by atoms with Gasteiger partial charge in [-0.15, -0.1) is 0 Å². The number of carbonyl (C=O) groups excluding carboxylic acids is 1. The van der Waals surface area contributed by atoms with Crippen LogP contribution in [0, 0.1) is 6.92 Å². The van der Waals surface area contributed by atoms with Gasteiger partial charge in [0.1, 0.15) is 10.8 Å². The van der Waals surface area contributed by atoms with Crippen molar-refractivity contribution in [1.29, 1.82) is 0 Å². The number of anilines is 1. The molecule has 0 aliphatic carbocycles. The van der Waals surface area contributed by atoms with Gasteiger partial charge in [-0.2, -0.15) is 0 Å². The van der Waals surface area contributed by atoms with E-state index in [1.165, 1.54) is 6.20 Å². The summed E-state index contributed by atoms with van der Waals surface area (Å²) in [5, 5.41) is 2.83. The summed E-state index contributed by atoms with van der Waals surface area (Å²) in [4.78, 5) is 42.0. The molecule has 0 bridgehead atoms. The van der Waals surface area contributed by atoms with Gasteiger partial charge in [-0.05, 0) is 18.6 Å². The van der Waals surface area contributed by atoms with Crippen LogP contribution in [-0.4, -0.2) is 20.9 Å². The maximum Gasteiger partial charge on any atom is 0.326 e. The third-order valence-corrected chi connectivity index (χ3v) is 2.67. The molecule has 0 aliphatic rings. The Kier molecular flexibility index (Phi) is 3.48. The highest BCUT2D eigenvalue weighted by Gasteiger charge is 2.09. The van der Waals surface area contributed by atoms with Gasteiger partial charge >= 0.3 is 5.69 Å². The van der Waals surface area contributed by atoms with Crippen LogP contribution in [0.2, 0.25) is 5.15 Å². The Labute approximate surface area is 111 Å². The molecule has 0 aromatic carbocycles. The van der Waals surface area contributed by atoms with Crippen LogP contribution >= 0.6 is 11.6 Å². The number of carbonyl (C=O) groups is 1. The van der Waals surface area contributed by atoms with E-state index in [4.69, 9.17) is 11.6 Å². The molecule has 3 N–H and O–H groups in total. The molecular formula is C11H9ClN4O3. The topological polar surface area (TPSA) is 108 Å². The zero-order chi connectivity index (χ0) is 14.0. The van der Waals surface area contributed by atoms with Gasteiger partial charge in [-0.1, -0.05) is 11.6 Å². The summed E-state index contributed by atoms with van der Waals surface area (Å²) in [6, 6.07) is 2.62. The zero-order valence-electron chi connectivity index (χ0n) is 9.78. The summed E-state index contributed by atoms with van der Waals surface area (Å²) in [5.74, 6) is -0.619. The lowest BCUT2D eigenvalue weighted by molar-refractivity contribution is 0.102. The lowest BCUT2D eigenvalue weighted by Gasteiger charge is -2.05. The number of aryl methyl sites for hydroxylation is 1. The summed E-state index contributed by atoms with van der Waals surface area (Å²) in [6.45, 7) is 1.74. The molecule has 1 amide bonds. The first-order valence-corrected chi connectivity index (χ1v) is 5.60. The molecule has 19 heavy (non-hydrogen) atoms. The van der Waals surface area contributed by atoms with E-state index in [2.05, 4.69) is 15.3 Å². The third kappa shape index (κ3) is 3.08. The SMILES string of the molecule is Cc1cc(NC(=O)c2cc(=O)[nH]c(=O)[nH]2)cnc1Cl. The number of amides is 1. The molecule has 0 saturated heterocycles. The highest BCUT2D eigenvalue weighted by molar-refractivity contribution is 6.30. The van der Waals surface area contributed by atoms with Gasteiger partial charge in [-0.3, -0.25) is 14.6 Å². The number of halogens is 1. The molecule has 0 fully saturated rings. The first-order chi connectivity index (χ1) is 8.95. The molecule has 2 aromatic rings. The van der Waals surface area contributed by atoms with E-state index in [-0.39, 0.29) is 5.69 Å². The Morgan fingerprint density at radius 3 is 2.68 bits per heavy atom. The predicted octanol–water partition coefficient (Wildman–Crippen LogP) is 0.672. The fourth-order valence-corrected chi connectivity index (χ4v) is 1.52. The number of aromatic nitrogens is 3. The summed E-state index contributed by atoms with van der Waals surface area (Å²) < 4.78 is 0. The second-order valence-corrected chi connectivity index (χ2v) is 4.15. The van der Waals surface area contributed by atoms with Gasteiger partial charge in [0.15, 0.2) is 0 Å². The molecule has 2 heterocycles. The average molecular weight is 281 g/mol. The van der Waals surface area contributed by atoms with Gasteiger partial charge < -0.3 is 10.3 Å². The molecule has 0 atom stereocenters. The molecule has 8 heteroatoms. The summed E-state index contributed by atoms with van der Waals surface area (Å²) in [5.41, 5.74) is -0.435. The predicted molar refractivity (Wildman–Crippen MR) is 69.6 cm³/mol. The summed E-state index contributed by atoms with van der Waals surface area (Å²) >= 11 is 5.76. The smallest absolute Gasteiger partial charge is 0.319 e. The molecule has 0 radical (unpaired) electrons. The van der Waals surface area contributed by atoms with E-state index in [0.29, 0.717) is 16.4 Å². The van der Waals surface area contributed by atoms with Gasteiger partial charge in [-0.25, -0.2) is 9.78 Å². The maximum absolute atomic E-state index is 11.8. The van der Waals surface area contributed by atoms with E-state index in [1.807, 2.05) is 4.98 Å². The van der Waals surface area contributed by atoms with Crippen LogP contribution in [0.25, 0.3) is 0 Å². The molecule has 2 rings (SSSR count). The van der Waals surface area contributed by atoms with Crippen molar-refractivity contribution in [3.8, 4) is 0 Å². The Morgan fingerprint density at radius 1 is 1.32 bits per heavy atom. The number of hydrogen-bond donors (Lipinski definition) is 3. The molecule has 2 aromatic heterocycles. The molecule has 0 aliphatic heterocycles. The quantitative estimate of drug-likeness (QED) is 0.703. The minimum Gasteiger partial charge on any atom is -0.319 e. The highest BCUT2D eigenvalue weighted by atomic mass is 35.5. The summed E-state index contributed by atoms with van der Waals surface area (Å²) in [6.07, 6.45) is 1.37. The minimum absolute atomic E-state index is 0.138. The summed E-state index contributed by atoms with van der Waals surface area (Å²) in [7, 11) is 0. The molecule has 0 spiro atoms. The molecular weight excluding hydrogens is 272 g/mol. The average Bonchev–Trinajstić information content (AvgIpc) is 2.32. The largest absolute Gasteiger partial charge is 0.326 e. The van der Waals surface area contributed by atoms with Crippen molar-refractivity contribution >= 4 is 23.2 Å². The highest BCUT2D eigenvalue weighted by Crippen LogP contribution is 2.16. The van der Waals surface area contributed by atoms with Crippen LogP contribution in [0.15, 0.2) is 27.9 Å². The fourth-order valence-electron chi connectivity index (χ4n) is 1.42. The number of H-pyrrole nitrogens is 2. The standard InChI is InChI=1S/C11H9ClN4O3/c1-5-2-6(4-13-9(5)12)14-10(18)7-3-8(17)16-11(19)15-7/h2-4H,1H3,(H,14,18)(H2,15,16,17,19). The van der Waals surface area contributed by atoms with E-state index >= 15 is 0 Å². The van der Waals surface area contributed by atoms with Crippen molar-refractivity contribution in [2.45, 2.75) is 6.92 Å². The second-order valence-electron chi connectivity index (χ2n) is 3.79. The zero-order valence-corrected chi connectivity index (χ0v) is 10.5. The monoisotopic (exact) mass is 280 g/mol. The maximum atomic E-state index is 11.8. The van der Waals surface area contributed by atoms with Gasteiger partial charge in [0.25, 0.3) is 11.5 Å². The molecule has 0 unspecified atom stereocenters. The van der Waals surface area contributed by atoms with Crippen LogP contribution in [0.4, 0.5) is 5.69 Å². The minimum atomic E-state index is -0.747. The van der Waals surface area contributed by atoms with Gasteiger partial charge in [0.2, 0.25) is 0 Å². The van der Waals surface area contributed by atoms with Crippen molar-refractivity contribution in [1.82, 2.24) is 15.0 Å². The van der Waals surface area contributed by atoms with Crippen LogP contribution < -0.4 is 16.6 Å². The van der Waals surface area contributed by atoms with Gasteiger partial charge in [0, 0.05) is 6.07 Å². The Hall–Kier alpha value is -2.41. The number of aromatic amines is 2. The van der Waals surface area contributed by atoms with E-state index < -0.39 is 17.2 Å². The van der Waals surface area contributed by atoms with Crippen molar-refractivity contribution in [2.75, 3.05) is 5.32 Å². The van der Waals surface area contributed by atoms with E-state index in [1.54, 1.807) is 13.0 Å². The normalized spacial score (nSPS) is 10.2. The van der Waals surface area contributed by atoms with Crippen molar-refractivity contribution in [3.05, 3.63) is 55.6 Å². The Balaban J connectivity index is 2.27. The Morgan fingerprint density at radius 2 is 2.05 bits per heavy atom. The third-order valence-electron chi connectivity index (χ3n) is 2.28. The fraction of sp³-hybridized carbons (Fsp3) is 0.0909. The van der Waals surface area contributed by atoms with E-state index in [0.717, 1.165) is 6.07 Å².